The molecule has 0 aromatic heterocycles. The topological polar surface area (TPSA) is 505 Å². The van der Waals surface area contributed by atoms with Gasteiger partial charge in [-0.3, -0.25) is 76.7 Å². The summed E-state index contributed by atoms with van der Waals surface area (Å²) >= 11 is 0.826. The van der Waals surface area contributed by atoms with E-state index in [1.807, 2.05) is 6.92 Å². The monoisotopic (exact) mass is 1780 g/mol. The zero-order valence-corrected chi connectivity index (χ0v) is 74.3. The number of benzene rings is 6. The number of thioether (sulfide) groups is 1. The van der Waals surface area contributed by atoms with Crippen LogP contribution in [0.1, 0.15) is 112 Å². The van der Waals surface area contributed by atoms with Crippen molar-refractivity contribution in [3.63, 3.8) is 0 Å². The van der Waals surface area contributed by atoms with Crippen molar-refractivity contribution in [1.29, 1.82) is 0 Å². The Morgan fingerprint density at radius 1 is 0.477 bits per heavy atom. The van der Waals surface area contributed by atoms with Gasteiger partial charge in [-0.05, 0) is 101 Å². The van der Waals surface area contributed by atoms with Gasteiger partial charge in [-0.25, -0.2) is 0 Å². The van der Waals surface area contributed by atoms with Crippen LogP contribution < -0.4 is 53.6 Å². The molecule has 2 aliphatic rings. The molecule has 128 heavy (non-hydrogen) atoms. The predicted octanol–water partition coefficient (Wildman–Crippen LogP) is 1.87. The van der Waals surface area contributed by atoms with Gasteiger partial charge >= 0.3 is 5.97 Å². The number of carboxylic acid groups (broad SMARTS) is 1. The van der Waals surface area contributed by atoms with E-state index in [-0.39, 0.29) is 74.5 Å². The van der Waals surface area contributed by atoms with E-state index in [4.69, 9.17) is 5.73 Å². The van der Waals surface area contributed by atoms with Crippen molar-refractivity contribution < 1.29 is 97.1 Å². The van der Waals surface area contributed by atoms with Gasteiger partial charge < -0.3 is 98.5 Å². The third kappa shape index (κ3) is 28.8. The molecule has 36 heteroatoms. The van der Waals surface area contributed by atoms with Crippen LogP contribution >= 0.6 is 11.8 Å². The molecular formula is C92H117N15O20S. The fraction of sp³-hybridized carbons (Fsp3) is 0.435. The smallest absolute Gasteiger partial charge is 0.305 e. The molecule has 1 saturated heterocycles. The lowest BCUT2D eigenvalue weighted by Gasteiger charge is -2.38. The van der Waals surface area contributed by atoms with Crippen LogP contribution in [0.25, 0.3) is 0 Å². The normalized spacial score (nSPS) is 23.4. The van der Waals surface area contributed by atoms with Gasteiger partial charge in [0.25, 0.3) is 0 Å². The summed E-state index contributed by atoms with van der Waals surface area (Å²) in [7, 11) is 6.58. The zero-order chi connectivity index (χ0) is 93.8. The van der Waals surface area contributed by atoms with E-state index in [0.717, 1.165) is 26.5 Å². The van der Waals surface area contributed by atoms with Crippen LogP contribution in [0.4, 0.5) is 0 Å². The molecule has 8 rings (SSSR count). The quantitative estimate of drug-likeness (QED) is 0.0461. The maximum absolute atomic E-state index is 15.9. The number of phenolic OH excluding ortho intramolecular Hbond substituents is 3. The van der Waals surface area contributed by atoms with Gasteiger partial charge in [-0.2, -0.15) is 0 Å². The summed E-state index contributed by atoms with van der Waals surface area (Å²) in [4.78, 5) is 240. The highest BCUT2D eigenvalue weighted by molar-refractivity contribution is 8.00. The van der Waals surface area contributed by atoms with Crippen LogP contribution in [0.5, 0.6) is 17.2 Å². The predicted molar refractivity (Wildman–Crippen MR) is 474 cm³/mol. The van der Waals surface area contributed by atoms with Crippen molar-refractivity contribution in [1.82, 2.24) is 72.4 Å². The van der Waals surface area contributed by atoms with Gasteiger partial charge in [0, 0.05) is 79.0 Å². The summed E-state index contributed by atoms with van der Waals surface area (Å²) in [5, 5.41) is 65.0. The molecule has 0 bridgehead atoms. The number of nitrogens with zero attached hydrogens (tertiary/aromatic N) is 5. The number of carboxylic acids is 1. The number of phenols is 3. The fourth-order valence-corrected chi connectivity index (χ4v) is 16.1. The van der Waals surface area contributed by atoms with Crippen molar-refractivity contribution in [2.45, 2.75) is 177 Å². The third-order valence-corrected chi connectivity index (χ3v) is 23.4. The van der Waals surface area contributed by atoms with Crippen LogP contribution in [-0.4, -0.2) is 272 Å². The largest absolute Gasteiger partial charge is 0.508 e. The van der Waals surface area contributed by atoms with Crippen LogP contribution in [0.15, 0.2) is 164 Å². The second-order valence-corrected chi connectivity index (χ2v) is 34.2. The first-order valence-corrected chi connectivity index (χ1v) is 43.5. The molecule has 686 valence electrons. The number of aromatic hydroxyl groups is 3. The molecule has 35 nitrogen and oxygen atoms in total. The molecule has 1 spiro atoms. The number of nitrogens with one attached hydrogen (secondary N) is 9. The average molecular weight is 1790 g/mol. The molecule has 1 aliphatic carbocycles. The van der Waals surface area contributed by atoms with E-state index < -0.39 is 210 Å². The van der Waals surface area contributed by atoms with Gasteiger partial charge in [0.1, 0.15) is 83.2 Å². The van der Waals surface area contributed by atoms with Crippen LogP contribution in [0, 0.1) is 11.8 Å². The Kier molecular flexibility index (Phi) is 36.9. The van der Waals surface area contributed by atoms with E-state index >= 15 is 38.4 Å². The van der Waals surface area contributed by atoms with Crippen molar-refractivity contribution >= 4 is 106 Å². The Morgan fingerprint density at radius 3 is 1.40 bits per heavy atom. The summed E-state index contributed by atoms with van der Waals surface area (Å²) in [6.07, 6.45) is -1.49. The molecule has 2 fully saturated rings. The molecular weight excluding hydrogens is 1670 g/mol. The number of nitrogens with two attached hydrogens (primary N) is 1. The summed E-state index contributed by atoms with van der Waals surface area (Å²) in [5.74, 6) is -18.4. The molecule has 6 aromatic carbocycles. The first-order chi connectivity index (χ1) is 60.8. The highest BCUT2D eigenvalue weighted by Gasteiger charge is 2.66. The first-order valence-electron chi connectivity index (χ1n) is 42.3. The summed E-state index contributed by atoms with van der Waals surface area (Å²) in [6.45, 7) is 6.11. The fourth-order valence-electron chi connectivity index (χ4n) is 15.2. The van der Waals surface area contributed by atoms with Crippen LogP contribution in [0.3, 0.4) is 0 Å². The average Bonchev–Trinajstić information content (AvgIpc) is 1.54. The minimum absolute atomic E-state index is 0.0327. The number of aliphatic carboxylic acids is 1. The number of amides is 15. The Morgan fingerprint density at radius 2 is 0.906 bits per heavy atom. The SMILES string of the molecule is CCCC[C@H]1C(=O)N(C)CC(=O)N[C@@H](CC(=O)O)C(=O)N[C@@H](C(C)C)C(=O)N(C)[C@@H](Cc2ccccc2)C(=O)N[C@@H](Cc2ccc(O)cc2)C(=O)N(C)CC(=O)N[C@@H](Cc2ccc(O)cc2)C(=O)N[C@@H](Cc2ccc(O)cc2)C(=O)N[C@@H](CC(C)C)C(=O)N[C@H](C(=O)NCC(N)=O)CSCC(=O)N[C@@H](Cc2ccccc2)C(=O)N(C)C2(CC2c2ccccc2)C(=O)N1C. The lowest BCUT2D eigenvalue weighted by Crippen LogP contribution is -2.61. The number of hydrogen-bond acceptors (Lipinski definition) is 20. The number of hydrogen-bond donors (Lipinski definition) is 14. The summed E-state index contributed by atoms with van der Waals surface area (Å²) < 4.78 is 0. The number of primary amides is 1. The van der Waals surface area contributed by atoms with E-state index in [0.29, 0.717) is 46.2 Å². The van der Waals surface area contributed by atoms with Crippen LogP contribution in [-0.2, 0) is 109 Å². The number of carbonyl (C=O) groups is 16. The number of carbonyl (C=O) groups excluding carboxylic acids is 15. The van der Waals surface area contributed by atoms with Crippen molar-refractivity contribution in [3.05, 3.63) is 197 Å². The zero-order valence-electron chi connectivity index (χ0n) is 73.5. The maximum atomic E-state index is 15.9. The molecule has 12 atom stereocenters. The number of likely N-dealkylation sites (N-methyl/N-ethyl adjacent to an activating group) is 5. The van der Waals surface area contributed by atoms with Crippen molar-refractivity contribution in [2.75, 3.05) is 66.4 Å². The molecule has 1 saturated carbocycles. The van der Waals surface area contributed by atoms with E-state index in [2.05, 4.69) is 47.9 Å². The van der Waals surface area contributed by atoms with Crippen molar-refractivity contribution in [3.8, 4) is 17.2 Å². The highest BCUT2D eigenvalue weighted by atomic mass is 32.2. The Bertz CT molecular complexity index is 4900. The summed E-state index contributed by atoms with van der Waals surface area (Å²) in [6, 6.07) is 27.0. The highest BCUT2D eigenvalue weighted by Crippen LogP contribution is 2.56. The molecule has 15 amide bonds. The minimum atomic E-state index is -1.91. The lowest BCUT2D eigenvalue weighted by molar-refractivity contribution is -0.153. The van der Waals surface area contributed by atoms with Gasteiger partial charge in [-0.15, -0.1) is 11.8 Å². The maximum Gasteiger partial charge on any atom is 0.305 e. The molecule has 1 heterocycles. The molecule has 2 unspecified atom stereocenters. The molecule has 6 aromatic rings. The van der Waals surface area contributed by atoms with Crippen LogP contribution in [0.2, 0.25) is 0 Å². The summed E-state index contributed by atoms with van der Waals surface area (Å²) in [5.41, 5.74) is 6.61. The van der Waals surface area contributed by atoms with Crippen molar-refractivity contribution in [2.24, 2.45) is 17.6 Å². The Hall–Kier alpha value is -13.4. The number of rotatable bonds is 22. The second-order valence-electron chi connectivity index (χ2n) is 33.2. The minimum Gasteiger partial charge on any atom is -0.508 e. The van der Waals surface area contributed by atoms with Gasteiger partial charge in [0.05, 0.1) is 31.8 Å². The van der Waals surface area contributed by atoms with Gasteiger partial charge in [0.2, 0.25) is 88.6 Å². The van der Waals surface area contributed by atoms with E-state index in [1.54, 1.807) is 119 Å². The second kappa shape index (κ2) is 47.2. The Labute approximate surface area is 747 Å². The van der Waals surface area contributed by atoms with E-state index in [9.17, 15) is 58.8 Å². The first kappa shape index (κ1) is 100. The molecule has 1 aliphatic heterocycles. The number of unbranched alkanes of at least 4 members (excludes halogenated alkanes) is 1. The lowest BCUT2D eigenvalue weighted by atomic mass is 9.98. The third-order valence-electron chi connectivity index (χ3n) is 22.4. The van der Waals surface area contributed by atoms with Gasteiger partial charge in [0.15, 0.2) is 0 Å². The molecule has 0 radical (unpaired) electrons. The standard InChI is InChI=1S/C92H117N15O20S/c1-11-12-28-73-89(125)104(7)51-77(113)96-69(47-79(115)116)85(121)102-80(55(4)5)90(126)105(8)74(46-57-24-18-14-19-25-57)86(122)100-70(45-60-33-39-64(110)40-34-60)87(123)103(6)50-76(112)95-67(42-58-29-35-62(108)36-30-58)83(119)99-68(43-59-31-37-63(109)38-32-59)84(120)98-66(41-54(2)3)82(118)101-72(81(117)94-49-75(93)111)52-128-53-78(114)97-71(44-56-22-16-13-17-23-56)88(124)107(10)92(91(127)106(73)9)48-65(92)61-26-20-15-21-27-61/h13-27,29-40,54-55,65-74,80,108-110H,11-12,28,41-53H2,1-10H3,(H2,93,111)(H,94,117)(H,95,112)(H,96,113)(H,97,114)(H,98,120)(H,99,119)(H,100,122)(H,101,118)(H,102,121)(H,115,116)/t65?,66-,67-,68-,69-,70-,71-,72-,73-,74-,80-,92?/m0/s1. The Balaban J connectivity index is 1.21. The molecule has 15 N–H and O–H groups in total. The van der Waals surface area contributed by atoms with E-state index in [1.165, 1.54) is 118 Å². The van der Waals surface area contributed by atoms with Gasteiger partial charge in [-0.1, -0.05) is 175 Å².